The zero-order valence-electron chi connectivity index (χ0n) is 14.5. The van der Waals surface area contributed by atoms with Gasteiger partial charge in [0.1, 0.15) is 0 Å². The lowest BCUT2D eigenvalue weighted by Crippen LogP contribution is -2.23. The molecule has 0 saturated carbocycles. The highest BCUT2D eigenvalue weighted by atomic mass is 16.1. The molecule has 0 aliphatic carbocycles. The van der Waals surface area contributed by atoms with Gasteiger partial charge in [-0.15, -0.1) is 0 Å². The van der Waals surface area contributed by atoms with Crippen LogP contribution in [0.2, 0.25) is 0 Å². The zero-order chi connectivity index (χ0) is 17.6. The van der Waals surface area contributed by atoms with Crippen molar-refractivity contribution >= 4 is 5.91 Å². The molecule has 5 nitrogen and oxygen atoms in total. The summed E-state index contributed by atoms with van der Waals surface area (Å²) in [4.78, 5) is 14.5. The normalized spacial score (nSPS) is 10.8. The maximum Gasteiger partial charge on any atom is 0.254 e. The van der Waals surface area contributed by atoms with E-state index in [-0.39, 0.29) is 5.91 Å². The van der Waals surface area contributed by atoms with Crippen molar-refractivity contribution in [3.8, 4) is 5.69 Å². The summed E-state index contributed by atoms with van der Waals surface area (Å²) in [5.74, 6) is -0.123. The van der Waals surface area contributed by atoms with Gasteiger partial charge in [0.05, 0.1) is 17.4 Å². The second-order valence-electron chi connectivity index (χ2n) is 6.20. The molecule has 0 radical (unpaired) electrons. The van der Waals surface area contributed by atoms with Crippen molar-refractivity contribution in [1.29, 1.82) is 0 Å². The summed E-state index contributed by atoms with van der Waals surface area (Å²) in [6.07, 6.45) is 3.34. The Morgan fingerprint density at radius 1 is 1.04 bits per heavy atom. The average Bonchev–Trinajstić information content (AvgIpc) is 3.11. The van der Waals surface area contributed by atoms with Crippen molar-refractivity contribution in [3.05, 3.63) is 83.7 Å². The fourth-order valence-electron chi connectivity index (χ4n) is 2.66. The van der Waals surface area contributed by atoms with Gasteiger partial charge >= 0.3 is 0 Å². The van der Waals surface area contributed by atoms with E-state index in [0.29, 0.717) is 12.1 Å². The molecule has 5 heteroatoms. The molecule has 0 bridgehead atoms. The molecule has 0 unspecified atom stereocenters. The monoisotopic (exact) mass is 334 g/mol. The largest absolute Gasteiger partial charge is 0.348 e. The molecular weight excluding hydrogens is 312 g/mol. The highest BCUT2D eigenvalue weighted by molar-refractivity contribution is 5.93. The van der Waals surface area contributed by atoms with Crippen LogP contribution in [-0.4, -0.2) is 34.7 Å². The molecule has 3 aromatic rings. The van der Waals surface area contributed by atoms with E-state index >= 15 is 0 Å². The number of carbonyl (C=O) groups excluding carboxylic acids is 1. The Morgan fingerprint density at radius 3 is 2.44 bits per heavy atom. The van der Waals surface area contributed by atoms with Crippen LogP contribution in [-0.2, 0) is 13.1 Å². The molecule has 0 spiro atoms. The van der Waals surface area contributed by atoms with E-state index in [1.54, 1.807) is 17.1 Å². The first-order valence-electron chi connectivity index (χ1n) is 8.23. The van der Waals surface area contributed by atoms with Crippen LogP contribution in [0.4, 0.5) is 0 Å². The molecule has 3 rings (SSSR count). The second kappa shape index (κ2) is 7.77. The van der Waals surface area contributed by atoms with Gasteiger partial charge < -0.3 is 10.2 Å². The average molecular weight is 334 g/mol. The number of nitrogens with one attached hydrogen (secondary N) is 1. The van der Waals surface area contributed by atoms with Gasteiger partial charge in [-0.05, 0) is 37.4 Å². The summed E-state index contributed by atoms with van der Waals surface area (Å²) in [5.41, 5.74) is 3.82. The first-order chi connectivity index (χ1) is 12.1. The predicted molar refractivity (Wildman–Crippen MR) is 98.6 cm³/mol. The quantitative estimate of drug-likeness (QED) is 0.754. The molecule has 1 heterocycles. The summed E-state index contributed by atoms with van der Waals surface area (Å²) < 4.78 is 1.70. The van der Waals surface area contributed by atoms with Crippen LogP contribution in [0.25, 0.3) is 5.69 Å². The number of para-hydroxylation sites is 1. The number of nitrogens with zero attached hydrogens (tertiary/aromatic N) is 3. The van der Waals surface area contributed by atoms with Crippen molar-refractivity contribution in [2.45, 2.75) is 13.1 Å². The van der Waals surface area contributed by atoms with E-state index < -0.39 is 0 Å². The fourth-order valence-corrected chi connectivity index (χ4v) is 2.66. The van der Waals surface area contributed by atoms with Crippen molar-refractivity contribution in [1.82, 2.24) is 20.0 Å². The summed E-state index contributed by atoms with van der Waals surface area (Å²) in [6, 6.07) is 17.9. The summed E-state index contributed by atoms with van der Waals surface area (Å²) >= 11 is 0. The van der Waals surface area contributed by atoms with Gasteiger partial charge in [-0.25, -0.2) is 4.68 Å². The standard InChI is InChI=1S/C20H22N4O/c1-23(2)14-17-9-7-6-8-16(17)12-21-20(25)18-13-22-24(15-18)19-10-4-3-5-11-19/h3-11,13,15H,12,14H2,1-2H3,(H,21,25). The van der Waals surface area contributed by atoms with Crippen molar-refractivity contribution in [2.75, 3.05) is 14.1 Å². The number of hydrogen-bond donors (Lipinski definition) is 1. The van der Waals surface area contributed by atoms with Gasteiger partial charge in [-0.3, -0.25) is 4.79 Å². The first kappa shape index (κ1) is 16.9. The highest BCUT2D eigenvalue weighted by Crippen LogP contribution is 2.11. The van der Waals surface area contributed by atoms with Crippen LogP contribution in [0.15, 0.2) is 67.0 Å². The van der Waals surface area contributed by atoms with Crippen LogP contribution < -0.4 is 5.32 Å². The number of rotatable bonds is 6. The number of carbonyl (C=O) groups is 1. The van der Waals surface area contributed by atoms with E-state index in [2.05, 4.69) is 21.4 Å². The van der Waals surface area contributed by atoms with Gasteiger partial charge in [0.2, 0.25) is 0 Å². The third kappa shape index (κ3) is 4.33. The Labute approximate surface area is 147 Å². The van der Waals surface area contributed by atoms with Gasteiger partial charge in [0.25, 0.3) is 5.91 Å². The third-order valence-corrected chi connectivity index (χ3v) is 3.91. The molecule has 2 aromatic carbocycles. The number of hydrogen-bond acceptors (Lipinski definition) is 3. The topological polar surface area (TPSA) is 50.2 Å². The van der Waals surface area contributed by atoms with Gasteiger partial charge in [0, 0.05) is 19.3 Å². The van der Waals surface area contributed by atoms with E-state index in [9.17, 15) is 4.79 Å². The molecule has 0 saturated heterocycles. The Kier molecular flexibility index (Phi) is 5.26. The Bertz CT molecular complexity index is 840. The minimum atomic E-state index is -0.123. The molecule has 0 aliphatic rings. The van der Waals surface area contributed by atoms with Crippen LogP contribution in [0.3, 0.4) is 0 Å². The zero-order valence-corrected chi connectivity index (χ0v) is 14.5. The molecule has 128 valence electrons. The van der Waals surface area contributed by atoms with Crippen molar-refractivity contribution in [2.24, 2.45) is 0 Å². The van der Waals surface area contributed by atoms with Crippen LogP contribution in [0, 0.1) is 0 Å². The third-order valence-electron chi connectivity index (χ3n) is 3.91. The predicted octanol–water partition coefficient (Wildman–Crippen LogP) is 2.86. The Hall–Kier alpha value is -2.92. The molecular formula is C20H22N4O. The smallest absolute Gasteiger partial charge is 0.254 e. The van der Waals surface area contributed by atoms with E-state index in [1.807, 2.05) is 62.6 Å². The van der Waals surface area contributed by atoms with Gasteiger partial charge in [0.15, 0.2) is 0 Å². The van der Waals surface area contributed by atoms with E-state index in [0.717, 1.165) is 17.8 Å². The summed E-state index contributed by atoms with van der Waals surface area (Å²) in [7, 11) is 4.07. The molecule has 25 heavy (non-hydrogen) atoms. The van der Waals surface area contributed by atoms with Crippen LogP contribution >= 0.6 is 0 Å². The SMILES string of the molecule is CN(C)Cc1ccccc1CNC(=O)c1cnn(-c2ccccc2)c1. The lowest BCUT2D eigenvalue weighted by atomic mass is 10.1. The van der Waals surface area contributed by atoms with Crippen LogP contribution in [0.5, 0.6) is 0 Å². The molecule has 0 aliphatic heterocycles. The fraction of sp³-hybridized carbons (Fsp3) is 0.200. The molecule has 1 aromatic heterocycles. The lowest BCUT2D eigenvalue weighted by Gasteiger charge is -2.14. The molecule has 1 amide bonds. The minimum Gasteiger partial charge on any atom is -0.348 e. The van der Waals surface area contributed by atoms with E-state index in [1.165, 1.54) is 5.56 Å². The Morgan fingerprint density at radius 2 is 1.72 bits per heavy atom. The first-order valence-corrected chi connectivity index (χ1v) is 8.23. The maximum atomic E-state index is 12.4. The van der Waals surface area contributed by atoms with Gasteiger partial charge in [-0.1, -0.05) is 42.5 Å². The van der Waals surface area contributed by atoms with E-state index in [4.69, 9.17) is 0 Å². The summed E-state index contributed by atoms with van der Waals surface area (Å²) in [5, 5.41) is 7.25. The Balaban J connectivity index is 1.67. The number of benzene rings is 2. The van der Waals surface area contributed by atoms with Crippen molar-refractivity contribution < 1.29 is 4.79 Å². The number of aromatic nitrogens is 2. The maximum absolute atomic E-state index is 12.4. The number of amides is 1. The lowest BCUT2D eigenvalue weighted by molar-refractivity contribution is 0.0951. The minimum absolute atomic E-state index is 0.123. The van der Waals surface area contributed by atoms with Crippen LogP contribution in [0.1, 0.15) is 21.5 Å². The molecule has 0 fully saturated rings. The van der Waals surface area contributed by atoms with Gasteiger partial charge in [-0.2, -0.15) is 5.10 Å². The highest BCUT2D eigenvalue weighted by Gasteiger charge is 2.10. The summed E-state index contributed by atoms with van der Waals surface area (Å²) in [6.45, 7) is 1.34. The molecule has 1 N–H and O–H groups in total. The second-order valence-corrected chi connectivity index (χ2v) is 6.20. The van der Waals surface area contributed by atoms with Crippen molar-refractivity contribution in [3.63, 3.8) is 0 Å². The molecule has 0 atom stereocenters.